The second-order valence-electron chi connectivity index (χ2n) is 9.55. The lowest BCUT2D eigenvalue weighted by atomic mass is 9.89. The maximum Gasteiger partial charge on any atom is 0.416 e. The number of carbonyl (C=O) groups excluding carboxylic acids is 1. The molecule has 0 bridgehead atoms. The van der Waals surface area contributed by atoms with E-state index < -0.39 is 65.4 Å². The van der Waals surface area contributed by atoms with Crippen LogP contribution >= 0.6 is 0 Å². The number of halogens is 7. The van der Waals surface area contributed by atoms with Gasteiger partial charge in [-0.25, -0.2) is 9.18 Å². The number of ether oxygens (including phenoxy) is 2. The van der Waals surface area contributed by atoms with E-state index in [1.807, 2.05) is 0 Å². The van der Waals surface area contributed by atoms with Gasteiger partial charge in [-0.2, -0.15) is 26.3 Å². The molecule has 1 unspecified atom stereocenters. The normalized spacial score (nSPS) is 20.2. The summed E-state index contributed by atoms with van der Waals surface area (Å²) in [4.78, 5) is 14.1. The van der Waals surface area contributed by atoms with Crippen molar-refractivity contribution in [2.75, 3.05) is 13.7 Å². The predicted octanol–water partition coefficient (Wildman–Crippen LogP) is 6.39. The van der Waals surface area contributed by atoms with Crippen LogP contribution in [-0.2, 0) is 29.2 Å². The fourth-order valence-corrected chi connectivity index (χ4v) is 4.52. The Bertz CT molecular complexity index is 1350. The highest BCUT2D eigenvalue weighted by Gasteiger charge is 2.52. The predicted molar refractivity (Wildman–Crippen MR) is 132 cm³/mol. The third kappa shape index (κ3) is 6.41. The van der Waals surface area contributed by atoms with Gasteiger partial charge in [0.1, 0.15) is 17.1 Å². The molecule has 3 aromatic rings. The van der Waals surface area contributed by atoms with E-state index in [0.29, 0.717) is 23.4 Å². The van der Waals surface area contributed by atoms with Gasteiger partial charge in [0.15, 0.2) is 6.23 Å². The number of rotatable bonds is 8. The number of carbonyl (C=O) groups is 1. The monoisotopic (exact) mass is 586 g/mol. The van der Waals surface area contributed by atoms with Gasteiger partial charge >= 0.3 is 18.4 Å². The van der Waals surface area contributed by atoms with Crippen LogP contribution in [0.4, 0.5) is 35.5 Å². The van der Waals surface area contributed by atoms with Crippen LogP contribution in [-0.4, -0.2) is 36.0 Å². The van der Waals surface area contributed by atoms with E-state index in [9.17, 15) is 40.6 Å². The third-order valence-electron chi connectivity index (χ3n) is 6.84. The zero-order valence-electron chi connectivity index (χ0n) is 21.7. The standard InChI is InChI=1S/C28H25F7N2O4/c1-16(18-11-20(27(30,31)32)13-21(12-18)28(33,34)35)41-15-26(19-5-7-22(29)8-6-19)24(38)37(25(39)36-26)14-17-3-9-23(40-2)10-4-17/h3-13,16,24,38H,14-15H2,1-2H3,(H,36,39)/t16-,24?,26-/m1/s1. The summed E-state index contributed by atoms with van der Waals surface area (Å²) in [6.07, 6.45) is -13.1. The van der Waals surface area contributed by atoms with Crippen molar-refractivity contribution < 1.29 is 50.1 Å². The number of nitrogens with zero attached hydrogens (tertiary/aromatic N) is 1. The van der Waals surface area contributed by atoms with Crippen molar-refractivity contribution in [2.24, 2.45) is 0 Å². The van der Waals surface area contributed by atoms with Crippen molar-refractivity contribution in [1.29, 1.82) is 0 Å². The minimum atomic E-state index is -5.05. The number of aliphatic hydroxyl groups excluding tert-OH is 1. The number of nitrogens with one attached hydrogen (secondary N) is 1. The molecule has 0 radical (unpaired) electrons. The van der Waals surface area contributed by atoms with Crippen LogP contribution in [0, 0.1) is 5.82 Å². The largest absolute Gasteiger partial charge is 0.497 e. The summed E-state index contributed by atoms with van der Waals surface area (Å²) >= 11 is 0. The smallest absolute Gasteiger partial charge is 0.416 e. The van der Waals surface area contributed by atoms with Gasteiger partial charge in [-0.15, -0.1) is 0 Å². The zero-order valence-corrected chi connectivity index (χ0v) is 21.7. The molecule has 0 saturated carbocycles. The highest BCUT2D eigenvalue weighted by molar-refractivity contribution is 5.79. The van der Waals surface area contributed by atoms with E-state index in [4.69, 9.17) is 9.47 Å². The number of hydrogen-bond acceptors (Lipinski definition) is 4. The number of urea groups is 1. The molecule has 3 aromatic carbocycles. The number of methoxy groups -OCH3 is 1. The molecule has 13 heteroatoms. The fraction of sp³-hybridized carbons (Fsp3) is 0.321. The highest BCUT2D eigenvalue weighted by atomic mass is 19.4. The van der Waals surface area contributed by atoms with Crippen molar-refractivity contribution in [1.82, 2.24) is 10.2 Å². The summed E-state index contributed by atoms with van der Waals surface area (Å²) in [5, 5.41) is 14.0. The lowest BCUT2D eigenvalue weighted by molar-refractivity contribution is -0.143. The molecule has 2 N–H and O–H groups in total. The average Bonchev–Trinajstić information content (AvgIpc) is 3.16. The molecule has 1 fully saturated rings. The van der Waals surface area contributed by atoms with E-state index in [-0.39, 0.29) is 18.2 Å². The number of hydrogen-bond donors (Lipinski definition) is 2. The topological polar surface area (TPSA) is 71.0 Å². The van der Waals surface area contributed by atoms with Gasteiger partial charge in [-0.3, -0.25) is 4.90 Å². The Hall–Kier alpha value is -3.84. The Labute approximate surface area is 230 Å². The Balaban J connectivity index is 1.65. The van der Waals surface area contributed by atoms with Crippen LogP contribution in [0.3, 0.4) is 0 Å². The van der Waals surface area contributed by atoms with Gasteiger partial charge in [0.2, 0.25) is 0 Å². The van der Waals surface area contributed by atoms with Crippen molar-refractivity contribution in [3.05, 3.63) is 100 Å². The molecule has 1 aliphatic heterocycles. The molecule has 0 aliphatic carbocycles. The first-order chi connectivity index (χ1) is 19.1. The second-order valence-corrected chi connectivity index (χ2v) is 9.55. The molecule has 1 aliphatic rings. The fourth-order valence-electron chi connectivity index (χ4n) is 4.52. The van der Waals surface area contributed by atoms with Crippen LogP contribution in [0.2, 0.25) is 0 Å². The van der Waals surface area contributed by atoms with Crippen molar-refractivity contribution >= 4 is 6.03 Å². The quantitative estimate of drug-likeness (QED) is 0.300. The minimum Gasteiger partial charge on any atom is -0.497 e. The zero-order chi connectivity index (χ0) is 30.2. The molecule has 220 valence electrons. The average molecular weight is 587 g/mol. The summed E-state index contributed by atoms with van der Waals surface area (Å²) in [7, 11) is 1.48. The van der Waals surface area contributed by atoms with Crippen LogP contribution in [0.5, 0.6) is 5.75 Å². The van der Waals surface area contributed by atoms with E-state index in [2.05, 4.69) is 5.32 Å². The minimum absolute atomic E-state index is 0.00815. The van der Waals surface area contributed by atoms with Gasteiger partial charge in [0.05, 0.1) is 37.5 Å². The molecular weight excluding hydrogens is 561 g/mol. The van der Waals surface area contributed by atoms with Crippen molar-refractivity contribution in [2.45, 2.75) is 43.7 Å². The summed E-state index contributed by atoms with van der Waals surface area (Å²) in [6.45, 7) is 0.591. The first kappa shape index (κ1) is 30.1. The summed E-state index contributed by atoms with van der Waals surface area (Å²) in [6, 6.07) is 11.7. The Morgan fingerprint density at radius 1 is 0.951 bits per heavy atom. The Morgan fingerprint density at radius 3 is 2.02 bits per heavy atom. The molecule has 6 nitrogen and oxygen atoms in total. The van der Waals surface area contributed by atoms with Gasteiger partial charge in [0.25, 0.3) is 0 Å². The van der Waals surface area contributed by atoms with Crippen molar-refractivity contribution in [3.63, 3.8) is 0 Å². The van der Waals surface area contributed by atoms with Crippen LogP contribution in [0.15, 0.2) is 66.7 Å². The Kier molecular flexibility index (Phi) is 8.23. The number of benzene rings is 3. The van der Waals surface area contributed by atoms with Crippen LogP contribution < -0.4 is 10.1 Å². The molecule has 0 spiro atoms. The summed E-state index contributed by atoms with van der Waals surface area (Å²) < 4.78 is 105. The Morgan fingerprint density at radius 2 is 1.51 bits per heavy atom. The first-order valence-electron chi connectivity index (χ1n) is 12.2. The maximum absolute atomic E-state index is 13.7. The summed E-state index contributed by atoms with van der Waals surface area (Å²) in [5.41, 5.74) is -4.37. The third-order valence-corrected chi connectivity index (χ3v) is 6.84. The van der Waals surface area contributed by atoms with Crippen molar-refractivity contribution in [3.8, 4) is 5.75 Å². The molecule has 0 aromatic heterocycles. The molecule has 1 saturated heterocycles. The lowest BCUT2D eigenvalue weighted by Crippen LogP contribution is -2.51. The molecule has 4 rings (SSSR count). The summed E-state index contributed by atoms with van der Waals surface area (Å²) in [5.74, 6) is -0.0535. The molecule has 1 heterocycles. The van der Waals surface area contributed by atoms with E-state index >= 15 is 0 Å². The van der Waals surface area contributed by atoms with Crippen LogP contribution in [0.1, 0.15) is 40.8 Å². The molecular formula is C28H25F7N2O4. The number of amides is 2. The second kappa shape index (κ2) is 11.2. The number of alkyl halides is 6. The van der Waals surface area contributed by atoms with Gasteiger partial charge in [-0.05, 0) is 66.1 Å². The highest BCUT2D eigenvalue weighted by Crippen LogP contribution is 2.39. The maximum atomic E-state index is 13.7. The van der Waals surface area contributed by atoms with Gasteiger partial charge in [-0.1, -0.05) is 24.3 Å². The van der Waals surface area contributed by atoms with E-state index in [1.54, 1.807) is 24.3 Å². The first-order valence-corrected chi connectivity index (χ1v) is 12.2. The van der Waals surface area contributed by atoms with E-state index in [0.717, 1.165) is 17.0 Å². The molecule has 41 heavy (non-hydrogen) atoms. The SMILES string of the molecule is COc1ccc(CN2C(=O)N[C@](CO[C@H](C)c3cc(C(F)(F)F)cc(C(F)(F)F)c3)(c3ccc(F)cc3)C2O)cc1. The van der Waals surface area contributed by atoms with E-state index in [1.165, 1.54) is 26.2 Å². The van der Waals surface area contributed by atoms with Gasteiger partial charge in [0, 0.05) is 0 Å². The van der Waals surface area contributed by atoms with Gasteiger partial charge < -0.3 is 19.9 Å². The lowest BCUT2D eigenvalue weighted by Gasteiger charge is -2.34. The number of aliphatic hydroxyl groups is 1. The van der Waals surface area contributed by atoms with Crippen LogP contribution in [0.25, 0.3) is 0 Å². The molecule has 2 amide bonds. The molecule has 3 atom stereocenters.